The lowest BCUT2D eigenvalue weighted by atomic mass is 10.0. The molecule has 0 spiro atoms. The van der Waals surface area contributed by atoms with Gasteiger partial charge in [0.15, 0.2) is 5.78 Å². The normalized spacial score (nSPS) is 11.9. The molecule has 14 heavy (non-hydrogen) atoms. The van der Waals surface area contributed by atoms with Crippen LogP contribution in [-0.4, -0.2) is 5.78 Å². The first-order chi connectivity index (χ1) is 6.57. The number of nitriles is 1. The molecular weight excluding hydrogens is 218 g/mol. The molecule has 1 rings (SSSR count). The third-order valence-corrected chi connectivity index (χ3v) is 2.73. The molecule has 0 aliphatic carbocycles. The fraction of sp³-hybridized carbons (Fsp3) is 0.200. The molecular formula is C10H8ClNOS. The van der Waals surface area contributed by atoms with Gasteiger partial charge in [0, 0.05) is 10.5 Å². The van der Waals surface area contributed by atoms with Crippen LogP contribution in [0.1, 0.15) is 23.4 Å². The highest BCUT2D eigenvalue weighted by molar-refractivity contribution is 7.80. The maximum Gasteiger partial charge on any atom is 0.152 e. The number of Topliss-reactive ketones (excluding diaryl/α,β-unsaturated/α-hetero) is 1. The van der Waals surface area contributed by atoms with Crippen LogP contribution in [-0.2, 0) is 4.79 Å². The van der Waals surface area contributed by atoms with Gasteiger partial charge in [0.2, 0.25) is 0 Å². The SMILES string of the molecule is CC(=O)C(Cl)c1c(S)cccc1C#N. The third-order valence-electron chi connectivity index (χ3n) is 1.81. The van der Waals surface area contributed by atoms with E-state index < -0.39 is 5.38 Å². The van der Waals surface area contributed by atoms with Gasteiger partial charge < -0.3 is 0 Å². The van der Waals surface area contributed by atoms with E-state index in [-0.39, 0.29) is 5.78 Å². The second-order valence-corrected chi connectivity index (χ2v) is 3.74. The predicted molar refractivity (Wildman–Crippen MR) is 57.7 cm³/mol. The van der Waals surface area contributed by atoms with Gasteiger partial charge >= 0.3 is 0 Å². The number of benzene rings is 1. The fourth-order valence-corrected chi connectivity index (χ4v) is 1.77. The lowest BCUT2D eigenvalue weighted by Crippen LogP contribution is -2.05. The van der Waals surface area contributed by atoms with Gasteiger partial charge in [0.05, 0.1) is 11.6 Å². The predicted octanol–water partition coefficient (Wildman–Crippen LogP) is 2.72. The van der Waals surface area contributed by atoms with Crippen molar-refractivity contribution in [2.24, 2.45) is 0 Å². The van der Waals surface area contributed by atoms with Crippen molar-refractivity contribution in [3.8, 4) is 6.07 Å². The summed E-state index contributed by atoms with van der Waals surface area (Å²) in [6.07, 6.45) is 0. The zero-order chi connectivity index (χ0) is 10.7. The first-order valence-corrected chi connectivity index (χ1v) is 4.82. The van der Waals surface area contributed by atoms with Crippen molar-refractivity contribution in [3.63, 3.8) is 0 Å². The number of carbonyl (C=O) groups is 1. The number of carbonyl (C=O) groups excluding carboxylic acids is 1. The number of thiol groups is 1. The van der Waals surface area contributed by atoms with Crippen molar-refractivity contribution in [1.29, 1.82) is 5.26 Å². The molecule has 0 bridgehead atoms. The van der Waals surface area contributed by atoms with Crippen LogP contribution in [0.25, 0.3) is 0 Å². The molecule has 0 heterocycles. The highest BCUT2D eigenvalue weighted by atomic mass is 35.5. The number of alkyl halides is 1. The van der Waals surface area contributed by atoms with Gasteiger partial charge in [-0.25, -0.2) is 0 Å². The molecule has 4 heteroatoms. The number of hydrogen-bond donors (Lipinski definition) is 1. The van der Waals surface area contributed by atoms with Gasteiger partial charge in [-0.05, 0) is 19.1 Å². The lowest BCUT2D eigenvalue weighted by Gasteiger charge is -2.10. The van der Waals surface area contributed by atoms with Crippen LogP contribution in [0.5, 0.6) is 0 Å². The van der Waals surface area contributed by atoms with Gasteiger partial charge in [0.25, 0.3) is 0 Å². The van der Waals surface area contributed by atoms with Crippen LogP contribution < -0.4 is 0 Å². The molecule has 1 aromatic carbocycles. The zero-order valence-corrected chi connectivity index (χ0v) is 9.14. The quantitative estimate of drug-likeness (QED) is 0.621. The minimum absolute atomic E-state index is 0.190. The van der Waals surface area contributed by atoms with E-state index in [0.29, 0.717) is 16.0 Å². The Morgan fingerprint density at radius 1 is 1.64 bits per heavy atom. The summed E-state index contributed by atoms with van der Waals surface area (Å²) in [5, 5.41) is 8.03. The average molecular weight is 226 g/mol. The molecule has 2 nitrogen and oxygen atoms in total. The van der Waals surface area contributed by atoms with E-state index in [4.69, 9.17) is 16.9 Å². The molecule has 0 aliphatic rings. The van der Waals surface area contributed by atoms with Crippen molar-refractivity contribution in [1.82, 2.24) is 0 Å². The Hall–Kier alpha value is -0.980. The zero-order valence-electron chi connectivity index (χ0n) is 7.49. The molecule has 0 N–H and O–H groups in total. The van der Waals surface area contributed by atoms with Crippen LogP contribution >= 0.6 is 24.2 Å². The first kappa shape index (κ1) is 11.1. The molecule has 72 valence electrons. The van der Waals surface area contributed by atoms with E-state index >= 15 is 0 Å². The van der Waals surface area contributed by atoms with Crippen molar-refractivity contribution < 1.29 is 4.79 Å². The molecule has 0 amide bonds. The van der Waals surface area contributed by atoms with Crippen LogP contribution in [0.4, 0.5) is 0 Å². The summed E-state index contributed by atoms with van der Waals surface area (Å²) in [5.74, 6) is -0.190. The Morgan fingerprint density at radius 3 is 2.79 bits per heavy atom. The molecule has 0 aliphatic heterocycles. The minimum Gasteiger partial charge on any atom is -0.298 e. The first-order valence-electron chi connectivity index (χ1n) is 3.94. The van der Waals surface area contributed by atoms with Gasteiger partial charge in [-0.3, -0.25) is 4.79 Å². The number of hydrogen-bond acceptors (Lipinski definition) is 3. The molecule has 1 unspecified atom stereocenters. The topological polar surface area (TPSA) is 40.9 Å². The van der Waals surface area contributed by atoms with E-state index in [1.807, 2.05) is 6.07 Å². The average Bonchev–Trinajstić information content (AvgIpc) is 2.16. The maximum absolute atomic E-state index is 11.1. The van der Waals surface area contributed by atoms with Gasteiger partial charge in [0.1, 0.15) is 5.38 Å². The molecule has 0 saturated heterocycles. The number of ketones is 1. The Balaban J connectivity index is 3.32. The Kier molecular flexibility index (Phi) is 3.56. The summed E-state index contributed by atoms with van der Waals surface area (Å²) in [7, 11) is 0. The monoisotopic (exact) mass is 225 g/mol. The standard InChI is InChI=1S/C10H8ClNOS/c1-6(13)10(11)9-7(5-12)3-2-4-8(9)14/h2-4,10,14H,1H3. The number of rotatable bonds is 2. The molecule has 0 aromatic heterocycles. The van der Waals surface area contributed by atoms with Crippen molar-refractivity contribution in [3.05, 3.63) is 29.3 Å². The van der Waals surface area contributed by atoms with Crippen molar-refractivity contribution >= 4 is 30.0 Å². The minimum atomic E-state index is -0.793. The fourth-order valence-electron chi connectivity index (χ4n) is 1.12. The van der Waals surface area contributed by atoms with Crippen LogP contribution in [0, 0.1) is 11.3 Å². The van der Waals surface area contributed by atoms with Crippen molar-refractivity contribution in [2.75, 3.05) is 0 Å². The van der Waals surface area contributed by atoms with E-state index in [0.717, 1.165) is 0 Å². The van der Waals surface area contributed by atoms with E-state index in [9.17, 15) is 4.79 Å². The maximum atomic E-state index is 11.1. The van der Waals surface area contributed by atoms with Crippen LogP contribution in [0.2, 0.25) is 0 Å². The summed E-state index contributed by atoms with van der Waals surface area (Å²) in [6.45, 7) is 1.39. The molecule has 1 atom stereocenters. The third kappa shape index (κ3) is 2.09. The smallest absolute Gasteiger partial charge is 0.152 e. The molecule has 0 saturated carbocycles. The molecule has 1 aromatic rings. The number of nitrogens with zero attached hydrogens (tertiary/aromatic N) is 1. The lowest BCUT2D eigenvalue weighted by molar-refractivity contribution is -0.116. The Morgan fingerprint density at radius 2 is 2.29 bits per heavy atom. The van der Waals surface area contributed by atoms with E-state index in [1.165, 1.54) is 6.92 Å². The second-order valence-electron chi connectivity index (χ2n) is 2.82. The highest BCUT2D eigenvalue weighted by Crippen LogP contribution is 2.30. The second kappa shape index (κ2) is 4.50. The number of halogens is 1. The molecule has 0 fully saturated rings. The van der Waals surface area contributed by atoms with E-state index in [1.54, 1.807) is 18.2 Å². The summed E-state index contributed by atoms with van der Waals surface area (Å²) >= 11 is 10.0. The summed E-state index contributed by atoms with van der Waals surface area (Å²) < 4.78 is 0. The highest BCUT2D eigenvalue weighted by Gasteiger charge is 2.19. The van der Waals surface area contributed by atoms with Crippen LogP contribution in [0.3, 0.4) is 0 Å². The van der Waals surface area contributed by atoms with Gasteiger partial charge in [-0.2, -0.15) is 5.26 Å². The summed E-state index contributed by atoms with van der Waals surface area (Å²) in [5.41, 5.74) is 0.889. The Bertz CT molecular complexity index is 411. The van der Waals surface area contributed by atoms with E-state index in [2.05, 4.69) is 12.6 Å². The van der Waals surface area contributed by atoms with Gasteiger partial charge in [-0.15, -0.1) is 24.2 Å². The molecule has 0 radical (unpaired) electrons. The summed E-state index contributed by atoms with van der Waals surface area (Å²) in [4.78, 5) is 11.7. The van der Waals surface area contributed by atoms with Crippen LogP contribution in [0.15, 0.2) is 23.1 Å². The largest absolute Gasteiger partial charge is 0.298 e. The van der Waals surface area contributed by atoms with Crippen molar-refractivity contribution in [2.45, 2.75) is 17.2 Å². The van der Waals surface area contributed by atoms with Gasteiger partial charge in [-0.1, -0.05) is 6.07 Å². The summed E-state index contributed by atoms with van der Waals surface area (Å²) in [6, 6.07) is 7.01. The Labute approximate surface area is 92.9 Å².